The molecule has 102 valence electrons. The molecule has 19 heavy (non-hydrogen) atoms. The Hall–Kier alpha value is -1.25. The van der Waals surface area contributed by atoms with Gasteiger partial charge in [-0.25, -0.2) is 4.98 Å². The molecule has 1 fully saturated rings. The summed E-state index contributed by atoms with van der Waals surface area (Å²) >= 11 is 1.53. The molecule has 5 heteroatoms. The Labute approximate surface area is 118 Å². The molecule has 1 aromatic heterocycles. The first kappa shape index (κ1) is 14.2. The summed E-state index contributed by atoms with van der Waals surface area (Å²) in [6, 6.07) is 2.82. The minimum atomic E-state index is -0.296. The van der Waals surface area contributed by atoms with Crippen molar-refractivity contribution in [3.8, 4) is 6.07 Å². The van der Waals surface area contributed by atoms with E-state index < -0.39 is 0 Å². The zero-order chi connectivity index (χ0) is 13.7. The van der Waals surface area contributed by atoms with Crippen LogP contribution in [0.25, 0.3) is 0 Å². The number of nitriles is 1. The maximum Gasteiger partial charge on any atom is 0.133 e. The summed E-state index contributed by atoms with van der Waals surface area (Å²) in [5.74, 6) is -0.296. The number of likely N-dealkylation sites (tertiary alicyclic amines) is 1. The van der Waals surface area contributed by atoms with Gasteiger partial charge in [0.25, 0.3) is 0 Å². The largest absolute Gasteiger partial charge is 0.299 e. The Balaban J connectivity index is 1.92. The fourth-order valence-corrected chi connectivity index (χ4v) is 3.27. The van der Waals surface area contributed by atoms with Crippen LogP contribution in [0, 0.1) is 18.3 Å². The van der Waals surface area contributed by atoms with Crippen molar-refractivity contribution in [1.29, 1.82) is 5.26 Å². The maximum absolute atomic E-state index is 9.19. The van der Waals surface area contributed by atoms with Gasteiger partial charge < -0.3 is 0 Å². The molecule has 0 amide bonds. The molecule has 0 radical (unpaired) electrons. The summed E-state index contributed by atoms with van der Waals surface area (Å²) in [7, 11) is 0. The Morgan fingerprint density at radius 3 is 3.21 bits per heavy atom. The lowest BCUT2D eigenvalue weighted by Gasteiger charge is -2.20. The average Bonchev–Trinajstić information content (AvgIpc) is 3.03. The summed E-state index contributed by atoms with van der Waals surface area (Å²) < 4.78 is 0. The molecule has 2 atom stereocenters. The van der Waals surface area contributed by atoms with Crippen molar-refractivity contribution in [3.63, 3.8) is 0 Å². The number of likely N-dealkylation sites (N-methyl/N-ethyl adjacent to an activating group) is 1. The first-order valence-electron chi connectivity index (χ1n) is 6.80. The van der Waals surface area contributed by atoms with Crippen LogP contribution >= 0.6 is 11.3 Å². The average molecular weight is 276 g/mol. The molecule has 0 saturated carbocycles. The van der Waals surface area contributed by atoms with Gasteiger partial charge in [0.15, 0.2) is 0 Å². The van der Waals surface area contributed by atoms with Crippen molar-refractivity contribution in [1.82, 2.24) is 9.88 Å². The van der Waals surface area contributed by atoms with E-state index in [0.717, 1.165) is 23.8 Å². The fourth-order valence-electron chi connectivity index (χ4n) is 2.47. The molecule has 0 aromatic carbocycles. The zero-order valence-corrected chi connectivity index (χ0v) is 12.4. The van der Waals surface area contributed by atoms with Gasteiger partial charge in [-0.1, -0.05) is 6.92 Å². The maximum atomic E-state index is 9.19. The number of rotatable bonds is 5. The second-order valence-electron chi connectivity index (χ2n) is 4.87. The second kappa shape index (κ2) is 6.78. The molecule has 1 unspecified atom stereocenters. The second-order valence-corrected chi connectivity index (χ2v) is 5.76. The number of aromatic nitrogens is 1. The van der Waals surface area contributed by atoms with Crippen LogP contribution in [0.15, 0.2) is 10.4 Å². The van der Waals surface area contributed by atoms with Crippen LogP contribution in [-0.4, -0.2) is 41.8 Å². The molecular formula is C14H20N4S. The molecule has 2 rings (SSSR count). The molecule has 1 saturated heterocycles. The summed E-state index contributed by atoms with van der Waals surface area (Å²) in [5, 5.41) is 12.0. The Bertz CT molecular complexity index is 474. The van der Waals surface area contributed by atoms with Gasteiger partial charge in [-0.3, -0.25) is 9.89 Å². The fraction of sp³-hybridized carbons (Fsp3) is 0.643. The minimum absolute atomic E-state index is 0.296. The van der Waals surface area contributed by atoms with Gasteiger partial charge in [-0.2, -0.15) is 5.26 Å². The lowest BCUT2D eigenvalue weighted by Crippen LogP contribution is -2.31. The highest BCUT2D eigenvalue weighted by atomic mass is 32.1. The highest BCUT2D eigenvalue weighted by Crippen LogP contribution is 2.19. The normalized spacial score (nSPS) is 21.8. The van der Waals surface area contributed by atoms with Crippen LogP contribution in [0.3, 0.4) is 0 Å². The van der Waals surface area contributed by atoms with Crippen molar-refractivity contribution in [2.45, 2.75) is 38.6 Å². The number of nitrogens with zero attached hydrogens (tertiary/aromatic N) is 4. The number of aryl methyl sites for hydroxylation is 1. The van der Waals surface area contributed by atoms with Crippen LogP contribution in [-0.2, 0) is 0 Å². The third kappa shape index (κ3) is 3.62. The van der Waals surface area contributed by atoms with Crippen molar-refractivity contribution in [3.05, 3.63) is 16.1 Å². The van der Waals surface area contributed by atoms with Gasteiger partial charge in [-0.05, 0) is 32.9 Å². The van der Waals surface area contributed by atoms with Gasteiger partial charge in [0.05, 0.1) is 12.6 Å². The Morgan fingerprint density at radius 2 is 2.58 bits per heavy atom. The van der Waals surface area contributed by atoms with Crippen molar-refractivity contribution in [2.24, 2.45) is 4.99 Å². The van der Waals surface area contributed by atoms with Gasteiger partial charge in [0, 0.05) is 23.3 Å². The minimum Gasteiger partial charge on any atom is -0.299 e. The first-order chi connectivity index (χ1) is 9.24. The quantitative estimate of drug-likeness (QED) is 0.777. The smallest absolute Gasteiger partial charge is 0.133 e. The Morgan fingerprint density at radius 1 is 1.74 bits per heavy atom. The predicted octanol–water partition coefficient (Wildman–Crippen LogP) is 2.61. The van der Waals surface area contributed by atoms with E-state index in [2.05, 4.69) is 27.9 Å². The lowest BCUT2D eigenvalue weighted by molar-refractivity contribution is 0.273. The van der Waals surface area contributed by atoms with Gasteiger partial charge in [0.2, 0.25) is 0 Å². The highest BCUT2D eigenvalue weighted by molar-refractivity contribution is 7.09. The van der Waals surface area contributed by atoms with Crippen molar-refractivity contribution < 1.29 is 0 Å². The van der Waals surface area contributed by atoms with Crippen molar-refractivity contribution >= 4 is 17.6 Å². The van der Waals surface area contributed by atoms with Crippen LogP contribution in [0.1, 0.15) is 36.4 Å². The summed E-state index contributed by atoms with van der Waals surface area (Å²) in [6.07, 6.45) is 4.25. The molecule has 2 heterocycles. The van der Waals surface area contributed by atoms with Gasteiger partial charge in [-0.15, -0.1) is 11.3 Å². The SMILES string of the molecule is CCN1CCC[C@@H]1CN=CC(C#N)c1nc(C)cs1. The van der Waals surface area contributed by atoms with E-state index >= 15 is 0 Å². The third-order valence-electron chi connectivity index (χ3n) is 3.52. The Kier molecular flexibility index (Phi) is 5.06. The van der Waals surface area contributed by atoms with Crippen LogP contribution in [0.5, 0.6) is 0 Å². The molecule has 0 aliphatic carbocycles. The molecular weight excluding hydrogens is 256 g/mol. The molecule has 0 N–H and O–H groups in total. The van der Waals surface area contributed by atoms with E-state index in [4.69, 9.17) is 0 Å². The van der Waals surface area contributed by atoms with E-state index in [1.807, 2.05) is 12.3 Å². The number of thiazole rings is 1. The number of hydrogen-bond acceptors (Lipinski definition) is 5. The van der Waals surface area contributed by atoms with Crippen LogP contribution < -0.4 is 0 Å². The summed E-state index contributed by atoms with van der Waals surface area (Å²) in [6.45, 7) is 7.22. The highest BCUT2D eigenvalue weighted by Gasteiger charge is 2.22. The predicted molar refractivity (Wildman–Crippen MR) is 78.8 cm³/mol. The third-order valence-corrected chi connectivity index (χ3v) is 4.56. The van der Waals surface area contributed by atoms with E-state index in [1.165, 1.54) is 30.7 Å². The molecule has 0 bridgehead atoms. The van der Waals surface area contributed by atoms with Crippen LogP contribution in [0.4, 0.5) is 0 Å². The van der Waals surface area contributed by atoms with E-state index in [0.29, 0.717) is 6.04 Å². The van der Waals surface area contributed by atoms with Gasteiger partial charge >= 0.3 is 0 Å². The lowest BCUT2D eigenvalue weighted by atomic mass is 10.2. The van der Waals surface area contributed by atoms with Crippen LogP contribution in [0.2, 0.25) is 0 Å². The zero-order valence-electron chi connectivity index (χ0n) is 11.5. The van der Waals surface area contributed by atoms with E-state index in [1.54, 1.807) is 6.21 Å². The standard InChI is InChI=1S/C14H20N4S/c1-3-18-6-4-5-13(18)9-16-8-12(7-15)14-17-11(2)10-19-14/h8,10,12-13H,3-6,9H2,1-2H3/t12?,13-/m1/s1. The molecule has 1 aromatic rings. The van der Waals surface area contributed by atoms with Gasteiger partial charge in [0.1, 0.15) is 10.9 Å². The van der Waals surface area contributed by atoms with Crippen molar-refractivity contribution in [2.75, 3.05) is 19.6 Å². The summed E-state index contributed by atoms with van der Waals surface area (Å²) in [5.41, 5.74) is 0.974. The van der Waals surface area contributed by atoms with E-state index in [9.17, 15) is 5.26 Å². The monoisotopic (exact) mass is 276 g/mol. The number of aliphatic imine (C=N–C) groups is 1. The number of hydrogen-bond donors (Lipinski definition) is 0. The first-order valence-corrected chi connectivity index (χ1v) is 7.68. The summed E-state index contributed by atoms with van der Waals surface area (Å²) in [4.78, 5) is 11.3. The topological polar surface area (TPSA) is 52.3 Å². The molecule has 1 aliphatic heterocycles. The molecule has 1 aliphatic rings. The molecule has 0 spiro atoms. The molecule has 4 nitrogen and oxygen atoms in total. The van der Waals surface area contributed by atoms with E-state index in [-0.39, 0.29) is 5.92 Å².